The number of nitrogens with zero attached hydrogens (tertiary/aromatic N) is 4. The second kappa shape index (κ2) is 12.3. The predicted octanol–water partition coefficient (Wildman–Crippen LogP) is -1.82. The quantitative estimate of drug-likeness (QED) is 0.157. The third-order valence-electron chi connectivity index (χ3n) is 4.29. The average molecular weight is 589 g/mol. The Hall–Kier alpha value is -1.52. The topological polar surface area (TPSA) is 439 Å². The normalized spacial score (nSPS) is 28.2. The summed E-state index contributed by atoms with van der Waals surface area (Å²) < 4.78 is 51.3. The number of aromatic nitrogens is 4. The summed E-state index contributed by atoms with van der Waals surface area (Å²) in [6.07, 6.45) is -1.66. The Morgan fingerprint density at radius 1 is 1.14 bits per heavy atom. The minimum absolute atomic E-state index is 0. The van der Waals surface area contributed by atoms with Gasteiger partial charge >= 0.3 is 0 Å². The lowest BCUT2D eigenvalue weighted by Crippen LogP contribution is -2.51. The summed E-state index contributed by atoms with van der Waals surface area (Å²) in [6, 6.07) is 0. The number of aliphatic hydroxyl groups is 1. The molecule has 0 bridgehead atoms. The molecule has 22 nitrogen and oxygen atoms in total. The van der Waals surface area contributed by atoms with E-state index in [2.05, 4.69) is 28.2 Å². The van der Waals surface area contributed by atoms with Crippen LogP contribution in [0.2, 0.25) is 0 Å². The largest absolute Gasteiger partial charge is 0.756 e. The van der Waals surface area contributed by atoms with E-state index in [9.17, 15) is 33.5 Å². The van der Waals surface area contributed by atoms with Gasteiger partial charge in [-0.05, 0) is 6.92 Å². The molecule has 22 N–H and O–H groups in total. The van der Waals surface area contributed by atoms with Gasteiger partial charge in [0.15, 0.2) is 11.5 Å². The average Bonchev–Trinajstić information content (AvgIpc) is 3.11. The van der Waals surface area contributed by atoms with Crippen LogP contribution in [0.3, 0.4) is 0 Å². The van der Waals surface area contributed by atoms with Gasteiger partial charge in [-0.25, -0.2) is 23.1 Å². The molecule has 0 aliphatic carbocycles. The van der Waals surface area contributed by atoms with Crippen LogP contribution in [0.25, 0.3) is 5.65 Å². The number of aliphatic hydroxyl groups excluding tert-OH is 1. The number of anilines is 1. The van der Waals surface area contributed by atoms with Crippen LogP contribution in [0.5, 0.6) is 0 Å². The summed E-state index contributed by atoms with van der Waals surface area (Å²) in [6.45, 7) is 0.388. The highest BCUT2D eigenvalue weighted by Gasteiger charge is 2.52. The van der Waals surface area contributed by atoms with Crippen molar-refractivity contribution in [1.82, 2.24) is 44.2 Å². The number of phosphoric ester groups is 1. The molecule has 7 atom stereocenters. The van der Waals surface area contributed by atoms with Crippen LogP contribution in [0.4, 0.5) is 5.82 Å². The number of nitrogens with two attached hydrogens (primary N) is 2. The number of rotatable bonds is 8. The van der Waals surface area contributed by atoms with E-state index in [0.29, 0.717) is 0 Å². The van der Waals surface area contributed by atoms with E-state index in [-0.39, 0.29) is 41.8 Å². The lowest BCUT2D eigenvalue weighted by molar-refractivity contribution is -0.250. The molecule has 3 unspecified atom stereocenters. The predicted molar refractivity (Wildman–Crippen MR) is 119 cm³/mol. The molecule has 1 fully saturated rings. The number of fused-ring (bicyclic) bond motifs is 1. The molecule has 25 heteroatoms. The Morgan fingerprint density at radius 2 is 1.72 bits per heavy atom. The van der Waals surface area contributed by atoms with Gasteiger partial charge in [0.2, 0.25) is 0 Å². The van der Waals surface area contributed by atoms with Gasteiger partial charge in [0, 0.05) is 0 Å². The molecule has 0 amide bonds. The second-order valence-electron chi connectivity index (χ2n) is 6.75. The molecule has 1 aliphatic rings. The standard InChI is InChI=1S/C11H19N6O12P3.4H3N/c1-11(13)7(18)6(3-26-31(22,23)29-32(24,25)28-30(19,20)21)27-8(11)5-2-14-10-9(12)15-4-16-17(5)10;;;;/h2,4,6-8,18H,3,13H2,1H3,(H,22,23)(H,24,25)(H2,12,15,16)(H2,19,20,21);4*1H3/p+1/t6-,7-,8+,11-;;;;/m1..../s1. The summed E-state index contributed by atoms with van der Waals surface area (Å²) in [5, 5.41) is 14.5. The van der Waals surface area contributed by atoms with Crippen LogP contribution in [-0.2, 0) is 31.6 Å². The fourth-order valence-electron chi connectivity index (χ4n) is 2.95. The fraction of sp³-hybridized carbons (Fsp3) is 0.545. The van der Waals surface area contributed by atoms with E-state index >= 15 is 0 Å². The molecule has 36 heavy (non-hydrogen) atoms. The Kier molecular flexibility index (Phi) is 12.6. The summed E-state index contributed by atoms with van der Waals surface area (Å²) in [7, 11) is -17.7. The highest BCUT2D eigenvalue weighted by atomic mass is 31.3. The van der Waals surface area contributed by atoms with Gasteiger partial charge in [-0.3, -0.25) is 13.7 Å². The Labute approximate surface area is 203 Å². The van der Waals surface area contributed by atoms with Crippen molar-refractivity contribution in [3.8, 4) is 0 Å². The number of nitrogen functional groups attached to an aromatic ring is 1. The van der Waals surface area contributed by atoms with Gasteiger partial charge < -0.3 is 70.0 Å². The summed E-state index contributed by atoms with van der Waals surface area (Å²) in [5.41, 5.74) is 10.7. The Balaban J connectivity index is 0. The number of phosphoric acid groups is 3. The maximum atomic E-state index is 11.7. The first-order valence-corrected chi connectivity index (χ1v) is 12.7. The number of imidazole rings is 1. The summed E-state index contributed by atoms with van der Waals surface area (Å²) in [4.78, 5) is 49.6. The third kappa shape index (κ3) is 7.99. The van der Waals surface area contributed by atoms with Crippen LogP contribution in [-0.4, -0.2) is 53.9 Å². The number of quaternary nitrogens is 4. The third-order valence-corrected chi connectivity index (χ3v) is 7.98. The SMILES string of the molecule is C[C@@]1(N)[C@H](O)[C@@H](COP(=O)([O-])OP(=O)([O-])OP(=O)([O-])O)O[C@H]1c1cnc2c(N)ncnn12.[NH4+].[NH4+].[NH4+].[NH4+]. The van der Waals surface area contributed by atoms with Gasteiger partial charge in [-0.2, -0.15) is 5.10 Å². The minimum atomic E-state index is -6.06. The van der Waals surface area contributed by atoms with Crippen LogP contribution in [0, 0.1) is 0 Å². The molecule has 0 spiro atoms. The maximum Gasteiger partial charge on any atom is 0.280 e. The molecule has 0 radical (unpaired) electrons. The van der Waals surface area contributed by atoms with Gasteiger partial charge in [0.25, 0.3) is 23.5 Å². The minimum Gasteiger partial charge on any atom is -0.756 e. The number of ether oxygens (including phenoxy) is 1. The van der Waals surface area contributed by atoms with Crippen LogP contribution >= 0.6 is 23.5 Å². The first kappa shape index (κ1) is 36.6. The lowest BCUT2D eigenvalue weighted by Gasteiger charge is -2.33. The van der Waals surface area contributed by atoms with Gasteiger partial charge in [0.05, 0.1) is 24.0 Å². The maximum absolute atomic E-state index is 11.7. The van der Waals surface area contributed by atoms with E-state index < -0.39 is 53.9 Å². The van der Waals surface area contributed by atoms with E-state index in [1.807, 2.05) is 0 Å². The van der Waals surface area contributed by atoms with E-state index in [1.165, 1.54) is 17.6 Å². The first-order chi connectivity index (χ1) is 14.5. The van der Waals surface area contributed by atoms with Crippen molar-refractivity contribution in [2.24, 2.45) is 5.73 Å². The molecule has 3 heterocycles. The van der Waals surface area contributed by atoms with Crippen molar-refractivity contribution in [3.63, 3.8) is 0 Å². The first-order valence-electron chi connectivity index (χ1n) is 8.32. The monoisotopic (exact) mass is 589 g/mol. The number of hydrogen-bond donors (Lipinski definition) is 8. The fourth-order valence-corrected chi connectivity index (χ4v) is 5.85. The number of hydrogen-bond acceptors (Lipinski definition) is 16. The Morgan fingerprint density at radius 3 is 2.28 bits per heavy atom. The molecule has 1 aliphatic heterocycles. The lowest BCUT2D eigenvalue weighted by atomic mass is 9.88. The van der Waals surface area contributed by atoms with Crippen molar-refractivity contribution in [2.45, 2.75) is 30.8 Å². The van der Waals surface area contributed by atoms with E-state index in [1.54, 1.807) is 0 Å². The van der Waals surface area contributed by atoms with Crippen molar-refractivity contribution < 1.29 is 56.3 Å². The van der Waals surface area contributed by atoms with Gasteiger partial charge in [-0.1, -0.05) is 0 Å². The molecule has 1 saturated heterocycles. The van der Waals surface area contributed by atoms with Crippen LogP contribution in [0.1, 0.15) is 18.7 Å². The smallest absolute Gasteiger partial charge is 0.280 e. The van der Waals surface area contributed by atoms with Gasteiger partial charge in [0.1, 0.15) is 24.6 Å². The molecule has 3 rings (SSSR count). The Bertz CT molecular complexity index is 1160. The van der Waals surface area contributed by atoms with Crippen molar-refractivity contribution in [3.05, 3.63) is 18.2 Å². The zero-order chi connectivity index (χ0) is 24.1. The van der Waals surface area contributed by atoms with Crippen LogP contribution in [0.15, 0.2) is 12.5 Å². The molecular weight excluding hydrogens is 557 g/mol. The zero-order valence-corrected chi connectivity index (χ0v) is 22.5. The van der Waals surface area contributed by atoms with E-state index in [4.69, 9.17) is 21.1 Å². The molecule has 0 aromatic carbocycles. The highest BCUT2D eigenvalue weighted by molar-refractivity contribution is 7.65. The molecule has 2 aromatic rings. The summed E-state index contributed by atoms with van der Waals surface area (Å²) in [5.74, 6) is 0.0441. The zero-order valence-electron chi connectivity index (χ0n) is 19.9. The van der Waals surface area contributed by atoms with Crippen molar-refractivity contribution in [2.75, 3.05) is 12.3 Å². The van der Waals surface area contributed by atoms with Crippen LogP contribution < -0.4 is 50.7 Å². The molecular formula is C11H32N10O12P3+. The van der Waals surface area contributed by atoms with Crippen molar-refractivity contribution in [1.29, 1.82) is 0 Å². The molecule has 0 saturated carbocycles. The molecule has 212 valence electrons. The summed E-state index contributed by atoms with van der Waals surface area (Å²) >= 11 is 0. The molecule has 2 aromatic heterocycles. The van der Waals surface area contributed by atoms with E-state index in [0.717, 1.165) is 6.33 Å². The second-order valence-corrected chi connectivity index (χ2v) is 11.0. The van der Waals surface area contributed by atoms with Gasteiger partial charge in [-0.15, -0.1) is 0 Å². The van der Waals surface area contributed by atoms with Crippen molar-refractivity contribution >= 4 is 34.9 Å². The highest BCUT2D eigenvalue weighted by Crippen LogP contribution is 2.61.